The Kier molecular flexibility index (Phi) is 4.61. The number of hydrogen-bond acceptors (Lipinski definition) is 3. The van der Waals surface area contributed by atoms with Crippen molar-refractivity contribution < 1.29 is 4.74 Å². The largest absolute Gasteiger partial charge is 0.496 e. The van der Waals surface area contributed by atoms with E-state index in [2.05, 4.69) is 22.8 Å². The van der Waals surface area contributed by atoms with Gasteiger partial charge in [-0.25, -0.2) is 0 Å². The molecule has 0 spiro atoms. The maximum Gasteiger partial charge on any atom is 0.123 e. The van der Waals surface area contributed by atoms with Crippen LogP contribution in [0, 0.1) is 5.41 Å². The van der Waals surface area contributed by atoms with E-state index in [0.717, 1.165) is 25.4 Å². The summed E-state index contributed by atoms with van der Waals surface area (Å²) in [7, 11) is 3.77. The van der Waals surface area contributed by atoms with E-state index in [9.17, 15) is 0 Å². The molecule has 1 aromatic carbocycles. The molecule has 0 atom stereocenters. The van der Waals surface area contributed by atoms with E-state index in [1.807, 2.05) is 19.2 Å². The van der Waals surface area contributed by atoms with Crippen LogP contribution < -0.4 is 15.4 Å². The summed E-state index contributed by atoms with van der Waals surface area (Å²) in [5.41, 5.74) is 1.72. The first-order valence-corrected chi connectivity index (χ1v) is 6.77. The summed E-state index contributed by atoms with van der Waals surface area (Å²) >= 11 is 0. The van der Waals surface area contributed by atoms with Crippen molar-refractivity contribution in [2.75, 3.05) is 27.2 Å². The first kappa shape index (κ1) is 13.4. The molecule has 2 N–H and O–H groups in total. The molecule has 0 amide bonds. The Labute approximate surface area is 110 Å². The molecule has 0 heterocycles. The summed E-state index contributed by atoms with van der Waals surface area (Å²) in [5.74, 6) is 0.973. The molecule has 1 fully saturated rings. The van der Waals surface area contributed by atoms with Crippen LogP contribution in [0.4, 0.5) is 0 Å². The fraction of sp³-hybridized carbons (Fsp3) is 0.600. The average Bonchev–Trinajstić information content (AvgIpc) is 2.36. The zero-order valence-electron chi connectivity index (χ0n) is 11.5. The van der Waals surface area contributed by atoms with Crippen LogP contribution in [-0.4, -0.2) is 27.2 Å². The van der Waals surface area contributed by atoms with E-state index in [4.69, 9.17) is 4.74 Å². The van der Waals surface area contributed by atoms with Crippen LogP contribution in [0.5, 0.6) is 5.75 Å². The van der Waals surface area contributed by atoms with Gasteiger partial charge in [-0.1, -0.05) is 24.6 Å². The topological polar surface area (TPSA) is 33.3 Å². The molecule has 0 bridgehead atoms. The fourth-order valence-corrected chi connectivity index (χ4v) is 2.78. The number of hydrogen-bond donors (Lipinski definition) is 2. The van der Waals surface area contributed by atoms with Gasteiger partial charge in [0, 0.05) is 25.2 Å². The van der Waals surface area contributed by atoms with Crippen LogP contribution in [0.2, 0.25) is 0 Å². The highest BCUT2D eigenvalue weighted by molar-refractivity contribution is 5.32. The minimum atomic E-state index is 0.483. The van der Waals surface area contributed by atoms with Crippen molar-refractivity contribution in [2.24, 2.45) is 5.41 Å². The average molecular weight is 248 g/mol. The number of ether oxygens (including phenoxy) is 1. The quantitative estimate of drug-likeness (QED) is 0.776. The van der Waals surface area contributed by atoms with Crippen molar-refractivity contribution in [1.82, 2.24) is 10.6 Å². The molecule has 3 heteroatoms. The van der Waals surface area contributed by atoms with Gasteiger partial charge in [-0.2, -0.15) is 0 Å². The van der Waals surface area contributed by atoms with Crippen LogP contribution in [0.1, 0.15) is 24.8 Å². The zero-order valence-corrected chi connectivity index (χ0v) is 11.5. The molecular weight excluding hydrogens is 224 g/mol. The van der Waals surface area contributed by atoms with Crippen LogP contribution in [0.3, 0.4) is 0 Å². The molecule has 1 saturated carbocycles. The van der Waals surface area contributed by atoms with Crippen molar-refractivity contribution in [3.05, 3.63) is 29.8 Å². The van der Waals surface area contributed by atoms with Gasteiger partial charge in [0.1, 0.15) is 5.75 Å². The Morgan fingerprint density at radius 3 is 2.61 bits per heavy atom. The number of rotatable bonds is 7. The lowest BCUT2D eigenvalue weighted by Crippen LogP contribution is -2.46. The van der Waals surface area contributed by atoms with Crippen LogP contribution in [-0.2, 0) is 6.54 Å². The third-order valence-electron chi connectivity index (χ3n) is 3.97. The van der Waals surface area contributed by atoms with Gasteiger partial charge in [0.15, 0.2) is 0 Å². The first-order chi connectivity index (χ1) is 8.79. The molecule has 18 heavy (non-hydrogen) atoms. The lowest BCUT2D eigenvalue weighted by atomic mass is 9.68. The SMILES string of the molecule is CNCC1(CNCc2ccccc2OC)CCC1. The van der Waals surface area contributed by atoms with Gasteiger partial charge in [-0.3, -0.25) is 0 Å². The Bertz CT molecular complexity index is 375. The molecule has 0 saturated heterocycles. The smallest absolute Gasteiger partial charge is 0.123 e. The second-order valence-corrected chi connectivity index (χ2v) is 5.30. The van der Waals surface area contributed by atoms with Crippen LogP contribution in [0.15, 0.2) is 24.3 Å². The van der Waals surface area contributed by atoms with E-state index in [-0.39, 0.29) is 0 Å². The molecule has 1 aromatic rings. The number of nitrogens with one attached hydrogen (secondary N) is 2. The van der Waals surface area contributed by atoms with Crippen molar-refractivity contribution in [3.63, 3.8) is 0 Å². The lowest BCUT2D eigenvalue weighted by molar-refractivity contribution is 0.130. The van der Waals surface area contributed by atoms with E-state index in [0.29, 0.717) is 5.41 Å². The maximum absolute atomic E-state index is 5.36. The molecule has 0 aromatic heterocycles. The van der Waals surface area contributed by atoms with Crippen molar-refractivity contribution >= 4 is 0 Å². The molecule has 1 aliphatic carbocycles. The highest BCUT2D eigenvalue weighted by Gasteiger charge is 2.35. The van der Waals surface area contributed by atoms with Gasteiger partial charge in [0.2, 0.25) is 0 Å². The third kappa shape index (κ3) is 3.03. The molecule has 0 radical (unpaired) electrons. The second kappa shape index (κ2) is 6.21. The van der Waals surface area contributed by atoms with Gasteiger partial charge in [0.25, 0.3) is 0 Å². The van der Waals surface area contributed by atoms with Gasteiger partial charge in [-0.15, -0.1) is 0 Å². The maximum atomic E-state index is 5.36. The number of methoxy groups -OCH3 is 1. The molecule has 0 aliphatic heterocycles. The minimum absolute atomic E-state index is 0.483. The van der Waals surface area contributed by atoms with Crippen molar-refractivity contribution in [3.8, 4) is 5.75 Å². The van der Waals surface area contributed by atoms with Gasteiger partial charge in [0.05, 0.1) is 7.11 Å². The predicted octanol–water partition coefficient (Wildman–Crippen LogP) is 2.17. The Morgan fingerprint density at radius 1 is 1.22 bits per heavy atom. The Morgan fingerprint density at radius 2 is 2.00 bits per heavy atom. The van der Waals surface area contributed by atoms with E-state index < -0.39 is 0 Å². The van der Waals surface area contributed by atoms with Crippen LogP contribution in [0.25, 0.3) is 0 Å². The number of benzene rings is 1. The monoisotopic (exact) mass is 248 g/mol. The van der Waals surface area contributed by atoms with Crippen molar-refractivity contribution in [1.29, 1.82) is 0 Å². The van der Waals surface area contributed by atoms with Gasteiger partial charge in [-0.05, 0) is 31.4 Å². The van der Waals surface area contributed by atoms with Crippen LogP contribution >= 0.6 is 0 Å². The summed E-state index contributed by atoms with van der Waals surface area (Å²) in [4.78, 5) is 0. The van der Waals surface area contributed by atoms with E-state index >= 15 is 0 Å². The molecule has 1 aliphatic rings. The van der Waals surface area contributed by atoms with Gasteiger partial charge < -0.3 is 15.4 Å². The fourth-order valence-electron chi connectivity index (χ4n) is 2.78. The standard InChI is InChI=1S/C15H24N2O/c1-16-11-15(8-5-9-15)12-17-10-13-6-3-4-7-14(13)18-2/h3-4,6-7,16-17H,5,8-12H2,1-2H3. The summed E-state index contributed by atoms with van der Waals surface area (Å²) < 4.78 is 5.36. The van der Waals surface area contributed by atoms with E-state index in [1.54, 1.807) is 7.11 Å². The Balaban J connectivity index is 1.84. The molecular formula is C15H24N2O. The molecule has 100 valence electrons. The number of para-hydroxylation sites is 1. The summed E-state index contributed by atoms with van der Waals surface area (Å²) in [6, 6.07) is 8.21. The summed E-state index contributed by atoms with van der Waals surface area (Å²) in [6.07, 6.45) is 4.05. The molecule has 3 nitrogen and oxygen atoms in total. The highest BCUT2D eigenvalue weighted by atomic mass is 16.5. The normalized spacial score (nSPS) is 17.2. The predicted molar refractivity (Wildman–Crippen MR) is 74.9 cm³/mol. The van der Waals surface area contributed by atoms with E-state index in [1.165, 1.54) is 24.8 Å². The van der Waals surface area contributed by atoms with Gasteiger partial charge >= 0.3 is 0 Å². The highest BCUT2D eigenvalue weighted by Crippen LogP contribution is 2.39. The van der Waals surface area contributed by atoms with Crippen molar-refractivity contribution in [2.45, 2.75) is 25.8 Å². The molecule has 2 rings (SSSR count). The summed E-state index contributed by atoms with van der Waals surface area (Å²) in [5, 5.41) is 6.90. The Hall–Kier alpha value is -1.06. The zero-order chi connectivity index (χ0) is 12.8. The minimum Gasteiger partial charge on any atom is -0.496 e. The first-order valence-electron chi connectivity index (χ1n) is 6.77. The molecule has 0 unspecified atom stereocenters. The third-order valence-corrected chi connectivity index (χ3v) is 3.97. The lowest BCUT2D eigenvalue weighted by Gasteiger charge is -2.42. The second-order valence-electron chi connectivity index (χ2n) is 5.30. The summed E-state index contributed by atoms with van der Waals surface area (Å²) in [6.45, 7) is 3.09.